The highest BCUT2D eigenvalue weighted by Gasteiger charge is 2.47. The number of nitro benzene ring substituents is 1. The summed E-state index contributed by atoms with van der Waals surface area (Å²) in [4.78, 5) is 39.9. The molecule has 212 valence electrons. The number of ketones is 1. The van der Waals surface area contributed by atoms with Crippen LogP contribution in [0.5, 0.6) is 17.2 Å². The Kier molecular flexibility index (Phi) is 7.77. The Morgan fingerprint density at radius 1 is 1.07 bits per heavy atom. The van der Waals surface area contributed by atoms with Gasteiger partial charge in [0.15, 0.2) is 17.3 Å². The van der Waals surface area contributed by atoms with E-state index in [9.17, 15) is 19.7 Å². The average Bonchev–Trinajstić information content (AvgIpc) is 2.91. The Bertz CT molecular complexity index is 1400. The SMILES string of the molecule is CCOC(=O)C1=C(N)N(c2ccc([N+](=O)[O-])cc2)C2=C(C(=O)CC(C)(C)C2)C1c1cc(OC)c(OC)c(OC)c1. The maximum absolute atomic E-state index is 13.9. The first kappa shape index (κ1) is 28.5. The fourth-order valence-electron chi connectivity index (χ4n) is 5.44. The Morgan fingerprint density at radius 3 is 2.17 bits per heavy atom. The highest BCUT2D eigenvalue weighted by molar-refractivity contribution is 6.05. The molecular formula is C29H33N3O8. The van der Waals surface area contributed by atoms with Crippen molar-refractivity contribution >= 4 is 23.1 Å². The first-order chi connectivity index (χ1) is 19.0. The second-order valence-electron chi connectivity index (χ2n) is 10.3. The van der Waals surface area contributed by atoms with Crippen molar-refractivity contribution in [2.75, 3.05) is 32.8 Å². The molecule has 0 aromatic heterocycles. The van der Waals surface area contributed by atoms with E-state index >= 15 is 0 Å². The van der Waals surface area contributed by atoms with E-state index in [1.54, 1.807) is 36.1 Å². The number of nitrogens with zero attached hydrogens (tertiary/aromatic N) is 2. The van der Waals surface area contributed by atoms with Gasteiger partial charge in [0.05, 0.1) is 44.4 Å². The largest absolute Gasteiger partial charge is 0.493 e. The molecule has 11 nitrogen and oxygen atoms in total. The van der Waals surface area contributed by atoms with Gasteiger partial charge in [-0.05, 0) is 48.6 Å². The molecule has 0 saturated carbocycles. The zero-order valence-corrected chi connectivity index (χ0v) is 23.4. The van der Waals surface area contributed by atoms with Crippen molar-refractivity contribution in [2.24, 2.45) is 11.1 Å². The van der Waals surface area contributed by atoms with Crippen LogP contribution in [0.3, 0.4) is 0 Å². The zero-order chi connectivity index (χ0) is 29.4. The van der Waals surface area contributed by atoms with E-state index in [1.807, 2.05) is 13.8 Å². The molecule has 2 aromatic carbocycles. The van der Waals surface area contributed by atoms with Gasteiger partial charge in [0.1, 0.15) is 5.82 Å². The van der Waals surface area contributed by atoms with E-state index in [4.69, 9.17) is 24.7 Å². The van der Waals surface area contributed by atoms with Crippen molar-refractivity contribution < 1.29 is 33.5 Å². The summed E-state index contributed by atoms with van der Waals surface area (Å²) in [5.74, 6) is -0.599. The van der Waals surface area contributed by atoms with Gasteiger partial charge in [0.2, 0.25) is 5.75 Å². The predicted molar refractivity (Wildman–Crippen MR) is 147 cm³/mol. The van der Waals surface area contributed by atoms with Crippen molar-refractivity contribution in [3.05, 3.63) is 74.7 Å². The molecule has 0 amide bonds. The minimum absolute atomic E-state index is 0.0651. The number of esters is 1. The Hall–Kier alpha value is -4.54. The van der Waals surface area contributed by atoms with Crippen LogP contribution >= 0.6 is 0 Å². The number of Topliss-reactive ketones (excluding diaryl/α,β-unsaturated/α-hetero) is 1. The monoisotopic (exact) mass is 551 g/mol. The van der Waals surface area contributed by atoms with Crippen LogP contribution in [0.1, 0.15) is 45.1 Å². The molecule has 0 spiro atoms. The first-order valence-corrected chi connectivity index (χ1v) is 12.7. The number of hydrogen-bond acceptors (Lipinski definition) is 10. The van der Waals surface area contributed by atoms with Crippen molar-refractivity contribution in [3.63, 3.8) is 0 Å². The lowest BCUT2D eigenvalue weighted by atomic mass is 9.68. The molecule has 1 unspecified atom stereocenters. The van der Waals surface area contributed by atoms with E-state index < -0.39 is 22.2 Å². The van der Waals surface area contributed by atoms with Crippen LogP contribution in [0.15, 0.2) is 59.1 Å². The molecule has 0 radical (unpaired) electrons. The predicted octanol–water partition coefficient (Wildman–Crippen LogP) is 4.60. The number of carbonyl (C=O) groups is 2. The molecule has 4 rings (SSSR count). The van der Waals surface area contributed by atoms with Gasteiger partial charge in [-0.15, -0.1) is 0 Å². The number of rotatable bonds is 8. The summed E-state index contributed by atoms with van der Waals surface area (Å²) >= 11 is 0. The Morgan fingerprint density at radius 2 is 1.68 bits per heavy atom. The number of non-ortho nitro benzene ring substituents is 1. The van der Waals surface area contributed by atoms with Crippen molar-refractivity contribution in [2.45, 2.75) is 39.5 Å². The van der Waals surface area contributed by atoms with Gasteiger partial charge in [0, 0.05) is 35.5 Å². The van der Waals surface area contributed by atoms with Crippen LogP contribution < -0.4 is 24.8 Å². The topological polar surface area (TPSA) is 143 Å². The summed E-state index contributed by atoms with van der Waals surface area (Å²) in [6, 6.07) is 9.19. The number of nitro groups is 1. The third kappa shape index (κ3) is 4.94. The number of allylic oxidation sites excluding steroid dienone is 2. The number of ether oxygens (including phenoxy) is 4. The smallest absolute Gasteiger partial charge is 0.338 e. The second kappa shape index (κ2) is 10.9. The third-order valence-electron chi connectivity index (χ3n) is 7.10. The van der Waals surface area contributed by atoms with Gasteiger partial charge >= 0.3 is 5.97 Å². The Balaban J connectivity index is 2.06. The maximum Gasteiger partial charge on any atom is 0.338 e. The first-order valence-electron chi connectivity index (χ1n) is 12.7. The summed E-state index contributed by atoms with van der Waals surface area (Å²) in [6.45, 7) is 5.73. The molecule has 11 heteroatoms. The highest BCUT2D eigenvalue weighted by Crippen LogP contribution is 2.52. The molecule has 1 heterocycles. The zero-order valence-electron chi connectivity index (χ0n) is 23.4. The maximum atomic E-state index is 13.9. The molecule has 0 saturated heterocycles. The number of nitrogens with two attached hydrogens (primary N) is 1. The highest BCUT2D eigenvalue weighted by atomic mass is 16.6. The van der Waals surface area contributed by atoms with Gasteiger partial charge in [-0.25, -0.2) is 4.79 Å². The van der Waals surface area contributed by atoms with Crippen LogP contribution in [0.4, 0.5) is 11.4 Å². The number of methoxy groups -OCH3 is 3. The van der Waals surface area contributed by atoms with E-state index in [0.717, 1.165) is 0 Å². The molecule has 2 aromatic rings. The number of benzene rings is 2. The van der Waals surface area contributed by atoms with Crippen molar-refractivity contribution in [3.8, 4) is 17.2 Å². The summed E-state index contributed by atoms with van der Waals surface area (Å²) < 4.78 is 22.0. The number of anilines is 1. The van der Waals surface area contributed by atoms with Crippen LogP contribution in [-0.2, 0) is 14.3 Å². The average molecular weight is 552 g/mol. The van der Waals surface area contributed by atoms with Crippen LogP contribution in [0.2, 0.25) is 0 Å². The van der Waals surface area contributed by atoms with E-state index in [2.05, 4.69) is 0 Å². The lowest BCUT2D eigenvalue weighted by Gasteiger charge is -2.44. The molecule has 40 heavy (non-hydrogen) atoms. The molecule has 2 N–H and O–H groups in total. The molecule has 0 bridgehead atoms. The van der Waals surface area contributed by atoms with Gasteiger partial charge in [-0.3, -0.25) is 19.8 Å². The molecule has 1 aliphatic heterocycles. The summed E-state index contributed by atoms with van der Waals surface area (Å²) in [5.41, 5.74) is 8.37. The summed E-state index contributed by atoms with van der Waals surface area (Å²) in [5, 5.41) is 11.3. The molecular weight excluding hydrogens is 518 g/mol. The fraction of sp³-hybridized carbons (Fsp3) is 0.379. The van der Waals surface area contributed by atoms with Crippen LogP contribution in [-0.4, -0.2) is 44.6 Å². The minimum Gasteiger partial charge on any atom is -0.493 e. The lowest BCUT2D eigenvalue weighted by molar-refractivity contribution is -0.384. The van der Waals surface area contributed by atoms with E-state index in [-0.39, 0.29) is 35.9 Å². The normalized spacial score (nSPS) is 18.3. The Labute approximate surface area is 232 Å². The van der Waals surface area contributed by atoms with Crippen molar-refractivity contribution in [1.82, 2.24) is 0 Å². The fourth-order valence-corrected chi connectivity index (χ4v) is 5.44. The third-order valence-corrected chi connectivity index (χ3v) is 7.10. The molecule has 2 aliphatic rings. The molecule has 1 aliphatic carbocycles. The van der Waals surface area contributed by atoms with Crippen LogP contribution in [0.25, 0.3) is 0 Å². The van der Waals surface area contributed by atoms with Gasteiger partial charge in [-0.2, -0.15) is 0 Å². The van der Waals surface area contributed by atoms with Gasteiger partial charge in [0.25, 0.3) is 5.69 Å². The molecule has 0 fully saturated rings. The summed E-state index contributed by atoms with van der Waals surface area (Å²) in [7, 11) is 4.44. The van der Waals surface area contributed by atoms with Crippen LogP contribution in [0, 0.1) is 15.5 Å². The summed E-state index contributed by atoms with van der Waals surface area (Å²) in [6.07, 6.45) is 0.708. The standard InChI is InChI=1S/C29H33N3O8/c1-7-40-28(34)25-23(16-12-21(37-4)26(39-6)22(13-16)38-5)24-19(14-29(2,3)15-20(24)33)31(27(25)30)17-8-10-18(11-9-17)32(35)36/h8-13,23H,7,14-15,30H2,1-6H3. The minimum atomic E-state index is -0.888. The quantitative estimate of drug-likeness (QED) is 0.281. The van der Waals surface area contributed by atoms with Crippen molar-refractivity contribution in [1.29, 1.82) is 0 Å². The lowest BCUT2D eigenvalue weighted by Crippen LogP contribution is -2.43. The van der Waals surface area contributed by atoms with Gasteiger partial charge < -0.3 is 24.7 Å². The number of carbonyl (C=O) groups excluding carboxylic acids is 2. The van der Waals surface area contributed by atoms with E-state index in [1.165, 1.54) is 33.5 Å². The van der Waals surface area contributed by atoms with Gasteiger partial charge in [-0.1, -0.05) is 13.8 Å². The molecule has 1 atom stereocenters. The van der Waals surface area contributed by atoms with E-state index in [0.29, 0.717) is 46.2 Å². The number of hydrogen-bond donors (Lipinski definition) is 1. The second-order valence-corrected chi connectivity index (χ2v) is 10.3.